The zero-order valence-electron chi connectivity index (χ0n) is 14.7. The van der Waals surface area contributed by atoms with Gasteiger partial charge in [-0.3, -0.25) is 4.79 Å². The summed E-state index contributed by atoms with van der Waals surface area (Å²) in [4.78, 5) is 26.4. The molecule has 1 amide bonds. The lowest BCUT2D eigenvalue weighted by Gasteiger charge is -2.28. The van der Waals surface area contributed by atoms with Crippen LogP contribution in [0.25, 0.3) is 10.9 Å². The number of hydrogen-bond donors (Lipinski definition) is 0. The van der Waals surface area contributed by atoms with Gasteiger partial charge in [-0.2, -0.15) is 0 Å². The van der Waals surface area contributed by atoms with Crippen molar-refractivity contribution < 1.29 is 4.79 Å². The van der Waals surface area contributed by atoms with Gasteiger partial charge in [0.05, 0.1) is 5.52 Å². The van der Waals surface area contributed by atoms with Crippen LogP contribution in [0.4, 0.5) is 5.95 Å². The van der Waals surface area contributed by atoms with E-state index in [-0.39, 0.29) is 5.92 Å². The van der Waals surface area contributed by atoms with E-state index in [9.17, 15) is 4.79 Å². The Kier molecular flexibility index (Phi) is 4.81. The van der Waals surface area contributed by atoms with Crippen molar-refractivity contribution in [2.45, 2.75) is 38.5 Å². The smallest absolute Gasteiger partial charge is 0.225 e. The van der Waals surface area contributed by atoms with Crippen molar-refractivity contribution in [3.8, 4) is 0 Å². The maximum Gasteiger partial charge on any atom is 0.225 e. The van der Waals surface area contributed by atoms with Crippen molar-refractivity contribution in [1.82, 2.24) is 14.9 Å². The largest absolute Gasteiger partial charge is 0.341 e. The van der Waals surface area contributed by atoms with Gasteiger partial charge in [0.15, 0.2) is 0 Å². The van der Waals surface area contributed by atoms with Crippen LogP contribution in [-0.2, 0) is 4.79 Å². The van der Waals surface area contributed by atoms with Crippen LogP contribution in [0.15, 0.2) is 30.5 Å². The second kappa shape index (κ2) is 7.38. The summed E-state index contributed by atoms with van der Waals surface area (Å²) in [5, 5.41) is 1.06. The van der Waals surface area contributed by atoms with Crippen molar-refractivity contribution in [2.24, 2.45) is 5.92 Å². The van der Waals surface area contributed by atoms with Gasteiger partial charge in [0.25, 0.3) is 0 Å². The standard InChI is InChI=1S/C20H26N4O/c25-19(16-7-2-1-3-8-16)23-11-6-12-24(14-13-23)20-21-15-17-9-4-5-10-18(17)22-20/h4-5,9-10,15-16H,1-3,6-8,11-14H2. The number of carbonyl (C=O) groups is 1. The average molecular weight is 338 g/mol. The van der Waals surface area contributed by atoms with Crippen LogP contribution in [0.1, 0.15) is 38.5 Å². The highest BCUT2D eigenvalue weighted by atomic mass is 16.2. The second-order valence-electron chi connectivity index (χ2n) is 7.23. The monoisotopic (exact) mass is 338 g/mol. The summed E-state index contributed by atoms with van der Waals surface area (Å²) in [7, 11) is 0. The number of para-hydroxylation sites is 1. The summed E-state index contributed by atoms with van der Waals surface area (Å²) < 4.78 is 0. The molecule has 0 radical (unpaired) electrons. The number of anilines is 1. The third-order valence-corrected chi connectivity index (χ3v) is 5.52. The van der Waals surface area contributed by atoms with E-state index < -0.39 is 0 Å². The Morgan fingerprint density at radius 2 is 1.80 bits per heavy atom. The molecule has 25 heavy (non-hydrogen) atoms. The SMILES string of the molecule is O=C(C1CCCCC1)N1CCCN(c2ncc3ccccc3n2)CC1. The number of hydrogen-bond acceptors (Lipinski definition) is 4. The van der Waals surface area contributed by atoms with E-state index in [1.54, 1.807) is 0 Å². The fraction of sp³-hybridized carbons (Fsp3) is 0.550. The quantitative estimate of drug-likeness (QED) is 0.843. The second-order valence-corrected chi connectivity index (χ2v) is 7.23. The Hall–Kier alpha value is -2.17. The topological polar surface area (TPSA) is 49.3 Å². The molecule has 1 saturated carbocycles. The molecule has 132 valence electrons. The first-order chi connectivity index (χ1) is 12.3. The van der Waals surface area contributed by atoms with Crippen LogP contribution in [0.3, 0.4) is 0 Å². The fourth-order valence-electron chi connectivity index (χ4n) is 4.06. The molecule has 1 aliphatic carbocycles. The summed E-state index contributed by atoms with van der Waals surface area (Å²) in [6.07, 6.45) is 8.74. The number of rotatable bonds is 2. The molecule has 1 saturated heterocycles. The van der Waals surface area contributed by atoms with Gasteiger partial charge in [0.1, 0.15) is 0 Å². The molecule has 5 nitrogen and oxygen atoms in total. The van der Waals surface area contributed by atoms with Gasteiger partial charge in [0, 0.05) is 43.7 Å². The zero-order valence-corrected chi connectivity index (χ0v) is 14.7. The first-order valence-corrected chi connectivity index (χ1v) is 9.57. The Morgan fingerprint density at radius 1 is 0.960 bits per heavy atom. The van der Waals surface area contributed by atoms with Gasteiger partial charge >= 0.3 is 0 Å². The van der Waals surface area contributed by atoms with Gasteiger partial charge < -0.3 is 9.80 Å². The lowest BCUT2D eigenvalue weighted by Crippen LogP contribution is -2.39. The zero-order chi connectivity index (χ0) is 17.1. The van der Waals surface area contributed by atoms with Crippen LogP contribution in [0.2, 0.25) is 0 Å². The first-order valence-electron chi connectivity index (χ1n) is 9.57. The van der Waals surface area contributed by atoms with Gasteiger partial charge in [-0.05, 0) is 25.3 Å². The van der Waals surface area contributed by atoms with E-state index >= 15 is 0 Å². The minimum atomic E-state index is 0.261. The van der Waals surface area contributed by atoms with Crippen LogP contribution in [-0.4, -0.2) is 47.0 Å². The lowest BCUT2D eigenvalue weighted by atomic mass is 9.88. The minimum Gasteiger partial charge on any atom is -0.341 e. The molecule has 1 aliphatic heterocycles. The summed E-state index contributed by atoms with van der Waals surface area (Å²) in [6.45, 7) is 3.37. The van der Waals surface area contributed by atoms with Crippen LogP contribution < -0.4 is 4.90 Å². The molecule has 2 aromatic rings. The number of carbonyl (C=O) groups excluding carboxylic acids is 1. The molecular formula is C20H26N4O. The number of aromatic nitrogens is 2. The number of amides is 1. The average Bonchev–Trinajstić information content (AvgIpc) is 2.94. The third kappa shape index (κ3) is 3.60. The molecule has 0 unspecified atom stereocenters. The molecule has 2 fully saturated rings. The lowest BCUT2D eigenvalue weighted by molar-refractivity contribution is -0.136. The van der Waals surface area contributed by atoms with Gasteiger partial charge in [-0.25, -0.2) is 9.97 Å². The maximum atomic E-state index is 12.8. The van der Waals surface area contributed by atoms with E-state index in [1.807, 2.05) is 30.5 Å². The van der Waals surface area contributed by atoms with Crippen molar-refractivity contribution in [1.29, 1.82) is 0 Å². The van der Waals surface area contributed by atoms with E-state index in [0.717, 1.165) is 62.3 Å². The molecule has 0 spiro atoms. The predicted octanol–water partition coefficient (Wildman–Crippen LogP) is 3.25. The number of benzene rings is 1. The maximum absolute atomic E-state index is 12.8. The van der Waals surface area contributed by atoms with Crippen LogP contribution in [0, 0.1) is 5.92 Å². The Labute approximate surface area is 149 Å². The van der Waals surface area contributed by atoms with E-state index in [2.05, 4.69) is 14.8 Å². The molecule has 5 heteroatoms. The number of nitrogens with zero attached hydrogens (tertiary/aromatic N) is 4. The Balaban J connectivity index is 1.44. The Morgan fingerprint density at radius 3 is 2.68 bits per heavy atom. The molecule has 0 atom stereocenters. The van der Waals surface area contributed by atoms with E-state index in [0.29, 0.717) is 5.91 Å². The predicted molar refractivity (Wildman–Crippen MR) is 99.5 cm³/mol. The fourth-order valence-corrected chi connectivity index (χ4v) is 4.06. The molecule has 1 aromatic carbocycles. The minimum absolute atomic E-state index is 0.261. The highest BCUT2D eigenvalue weighted by Gasteiger charge is 2.27. The summed E-state index contributed by atoms with van der Waals surface area (Å²) in [5.74, 6) is 1.42. The summed E-state index contributed by atoms with van der Waals surface area (Å²) >= 11 is 0. The first kappa shape index (κ1) is 16.3. The highest BCUT2D eigenvalue weighted by molar-refractivity contribution is 5.79. The third-order valence-electron chi connectivity index (χ3n) is 5.52. The van der Waals surface area contributed by atoms with Gasteiger partial charge in [-0.1, -0.05) is 37.5 Å². The summed E-state index contributed by atoms with van der Waals surface area (Å²) in [6, 6.07) is 8.07. The van der Waals surface area contributed by atoms with Gasteiger partial charge in [0.2, 0.25) is 11.9 Å². The normalized spacial score (nSPS) is 19.8. The molecule has 1 aromatic heterocycles. The molecular weight excluding hydrogens is 312 g/mol. The van der Waals surface area contributed by atoms with Crippen molar-refractivity contribution in [3.05, 3.63) is 30.5 Å². The van der Waals surface area contributed by atoms with Crippen molar-refractivity contribution >= 4 is 22.8 Å². The number of fused-ring (bicyclic) bond motifs is 1. The summed E-state index contributed by atoms with van der Waals surface area (Å²) in [5.41, 5.74) is 0.979. The van der Waals surface area contributed by atoms with Crippen molar-refractivity contribution in [3.63, 3.8) is 0 Å². The van der Waals surface area contributed by atoms with Crippen LogP contribution in [0.5, 0.6) is 0 Å². The Bertz CT molecular complexity index is 741. The van der Waals surface area contributed by atoms with E-state index in [1.165, 1.54) is 19.3 Å². The molecule has 0 N–H and O–H groups in total. The highest BCUT2D eigenvalue weighted by Crippen LogP contribution is 2.26. The molecule has 2 aliphatic rings. The molecule has 4 rings (SSSR count). The van der Waals surface area contributed by atoms with E-state index in [4.69, 9.17) is 4.98 Å². The molecule has 0 bridgehead atoms. The van der Waals surface area contributed by atoms with Crippen LogP contribution >= 0.6 is 0 Å². The molecule has 2 heterocycles. The van der Waals surface area contributed by atoms with Crippen molar-refractivity contribution in [2.75, 3.05) is 31.1 Å². The van der Waals surface area contributed by atoms with Gasteiger partial charge in [-0.15, -0.1) is 0 Å².